The smallest absolute Gasteiger partial charge is 0.0325 e. The van der Waals surface area contributed by atoms with E-state index in [0.29, 0.717) is 6.04 Å². The normalized spacial score (nSPS) is 11.8. The third-order valence-electron chi connectivity index (χ3n) is 1.69. The van der Waals surface area contributed by atoms with Gasteiger partial charge < -0.3 is 5.32 Å². The first-order valence-electron chi connectivity index (χ1n) is 3.97. The number of hydrogen-bond donors (Lipinski definition) is 1. The fourth-order valence-electron chi connectivity index (χ4n) is 0.983. The molecule has 1 atom stereocenters. The maximum absolute atomic E-state index is 3.94. The van der Waals surface area contributed by atoms with E-state index in [1.807, 2.05) is 24.9 Å². The second-order valence-electron chi connectivity index (χ2n) is 2.55. The van der Waals surface area contributed by atoms with Crippen LogP contribution in [0.1, 0.15) is 6.42 Å². The van der Waals surface area contributed by atoms with E-state index in [1.54, 1.807) is 0 Å². The van der Waals surface area contributed by atoms with Crippen molar-refractivity contribution in [1.29, 1.82) is 0 Å². The summed E-state index contributed by atoms with van der Waals surface area (Å²) in [6.07, 6.45) is 5.05. The van der Waals surface area contributed by atoms with E-state index >= 15 is 0 Å². The van der Waals surface area contributed by atoms with Crippen LogP contribution >= 0.6 is 11.8 Å². The first kappa shape index (κ1) is 11.6. The van der Waals surface area contributed by atoms with Crippen molar-refractivity contribution in [3.63, 3.8) is 0 Å². The van der Waals surface area contributed by atoms with Gasteiger partial charge in [-0.05, 0) is 37.1 Å². The lowest BCUT2D eigenvalue weighted by Crippen LogP contribution is -2.26. The standard InChI is InChI=1S/C10H17NS/c1-5-6-9(2)10(11-3)7-8-12-4/h6,10-11H,1-2,7-8H2,3-4H3/t10-/m0/s1. The minimum atomic E-state index is 0.367. The molecule has 0 unspecified atom stereocenters. The molecule has 2 heteroatoms. The van der Waals surface area contributed by atoms with Gasteiger partial charge in [-0.1, -0.05) is 13.2 Å². The van der Waals surface area contributed by atoms with Gasteiger partial charge in [-0.15, -0.1) is 5.73 Å². The van der Waals surface area contributed by atoms with Gasteiger partial charge in [0.15, 0.2) is 0 Å². The number of rotatable bonds is 6. The summed E-state index contributed by atoms with van der Waals surface area (Å²) in [4.78, 5) is 0. The Morgan fingerprint density at radius 2 is 2.42 bits per heavy atom. The largest absolute Gasteiger partial charge is 0.313 e. The predicted octanol–water partition coefficient (Wildman–Crippen LogP) is 2.22. The average molecular weight is 183 g/mol. The Morgan fingerprint density at radius 1 is 1.75 bits per heavy atom. The molecule has 68 valence electrons. The van der Waals surface area contributed by atoms with Crippen LogP contribution in [0, 0.1) is 0 Å². The zero-order valence-corrected chi connectivity index (χ0v) is 8.71. The maximum Gasteiger partial charge on any atom is 0.0325 e. The highest BCUT2D eigenvalue weighted by Crippen LogP contribution is 2.08. The Kier molecular flexibility index (Phi) is 6.97. The quantitative estimate of drug-likeness (QED) is 0.500. The average Bonchev–Trinajstić information content (AvgIpc) is 2.06. The van der Waals surface area contributed by atoms with Crippen LogP contribution in [0.2, 0.25) is 0 Å². The lowest BCUT2D eigenvalue weighted by atomic mass is 10.1. The van der Waals surface area contributed by atoms with Crippen LogP contribution in [0.15, 0.2) is 30.5 Å². The van der Waals surface area contributed by atoms with Gasteiger partial charge in [0.1, 0.15) is 0 Å². The van der Waals surface area contributed by atoms with Gasteiger partial charge in [0, 0.05) is 6.04 Å². The first-order valence-corrected chi connectivity index (χ1v) is 5.36. The highest BCUT2D eigenvalue weighted by Gasteiger charge is 2.06. The zero-order valence-electron chi connectivity index (χ0n) is 7.89. The molecule has 0 saturated carbocycles. The first-order chi connectivity index (χ1) is 5.76. The molecule has 0 aromatic carbocycles. The highest BCUT2D eigenvalue weighted by atomic mass is 32.2. The molecule has 0 amide bonds. The van der Waals surface area contributed by atoms with Gasteiger partial charge in [-0.3, -0.25) is 0 Å². The van der Waals surface area contributed by atoms with Gasteiger partial charge in [0.25, 0.3) is 0 Å². The maximum atomic E-state index is 3.94. The van der Waals surface area contributed by atoms with Crippen molar-refractivity contribution < 1.29 is 0 Å². The molecule has 12 heavy (non-hydrogen) atoms. The Balaban J connectivity index is 3.95. The Morgan fingerprint density at radius 3 is 2.83 bits per heavy atom. The van der Waals surface area contributed by atoms with Crippen LogP contribution < -0.4 is 5.32 Å². The van der Waals surface area contributed by atoms with Crippen LogP contribution in [0.4, 0.5) is 0 Å². The van der Waals surface area contributed by atoms with E-state index in [-0.39, 0.29) is 0 Å². The Labute approximate surface area is 79.6 Å². The molecule has 0 aromatic rings. The van der Waals surface area contributed by atoms with Gasteiger partial charge in [-0.2, -0.15) is 11.8 Å². The summed E-state index contributed by atoms with van der Waals surface area (Å²) in [5, 5.41) is 3.21. The summed E-state index contributed by atoms with van der Waals surface area (Å²) < 4.78 is 0. The van der Waals surface area contributed by atoms with Crippen molar-refractivity contribution in [2.75, 3.05) is 19.1 Å². The van der Waals surface area contributed by atoms with Crippen molar-refractivity contribution in [1.82, 2.24) is 5.32 Å². The van der Waals surface area contributed by atoms with Gasteiger partial charge in [0.05, 0.1) is 0 Å². The number of likely N-dealkylation sites (N-methyl/N-ethyl adjacent to an activating group) is 1. The molecule has 0 aliphatic rings. The van der Waals surface area contributed by atoms with Crippen LogP contribution in [-0.2, 0) is 0 Å². The van der Waals surface area contributed by atoms with E-state index in [9.17, 15) is 0 Å². The van der Waals surface area contributed by atoms with Crippen molar-refractivity contribution in [2.45, 2.75) is 12.5 Å². The number of nitrogens with one attached hydrogen (secondary N) is 1. The molecule has 0 aromatic heterocycles. The van der Waals surface area contributed by atoms with Gasteiger partial charge in [0.2, 0.25) is 0 Å². The minimum absolute atomic E-state index is 0.367. The van der Waals surface area contributed by atoms with Crippen molar-refractivity contribution >= 4 is 11.8 Å². The molecule has 1 nitrogen and oxygen atoms in total. The van der Waals surface area contributed by atoms with E-state index in [0.717, 1.165) is 17.7 Å². The fourth-order valence-corrected chi connectivity index (χ4v) is 1.45. The molecule has 0 aliphatic carbocycles. The molecular weight excluding hydrogens is 166 g/mol. The van der Waals surface area contributed by atoms with Crippen LogP contribution in [-0.4, -0.2) is 25.1 Å². The zero-order chi connectivity index (χ0) is 9.40. The van der Waals surface area contributed by atoms with E-state index < -0.39 is 0 Å². The van der Waals surface area contributed by atoms with Crippen molar-refractivity contribution in [3.05, 3.63) is 30.5 Å². The minimum Gasteiger partial charge on any atom is -0.313 e. The molecule has 0 saturated heterocycles. The third-order valence-corrected chi connectivity index (χ3v) is 2.34. The lowest BCUT2D eigenvalue weighted by Gasteiger charge is -2.14. The monoisotopic (exact) mass is 183 g/mol. The molecule has 0 radical (unpaired) electrons. The van der Waals surface area contributed by atoms with Crippen molar-refractivity contribution in [3.8, 4) is 0 Å². The summed E-state index contributed by atoms with van der Waals surface area (Å²) in [6.45, 7) is 7.46. The number of thioether (sulfide) groups is 1. The molecule has 0 spiro atoms. The summed E-state index contributed by atoms with van der Waals surface area (Å²) in [5.74, 6) is 1.15. The molecule has 1 N–H and O–H groups in total. The summed E-state index contributed by atoms with van der Waals surface area (Å²) >= 11 is 1.85. The van der Waals surface area contributed by atoms with E-state index in [2.05, 4.69) is 30.5 Å². The molecule has 0 bridgehead atoms. The second-order valence-corrected chi connectivity index (χ2v) is 3.53. The summed E-state index contributed by atoms with van der Waals surface area (Å²) in [6, 6.07) is 0.367. The van der Waals surface area contributed by atoms with Crippen LogP contribution in [0.5, 0.6) is 0 Å². The van der Waals surface area contributed by atoms with Crippen LogP contribution in [0.25, 0.3) is 0 Å². The highest BCUT2D eigenvalue weighted by molar-refractivity contribution is 7.98. The Bertz CT molecular complexity index is 180. The van der Waals surface area contributed by atoms with Crippen LogP contribution in [0.3, 0.4) is 0 Å². The predicted molar refractivity (Wildman–Crippen MR) is 58.7 cm³/mol. The fraction of sp³-hybridized carbons (Fsp3) is 0.500. The number of hydrogen-bond acceptors (Lipinski definition) is 2. The molecule has 0 aliphatic heterocycles. The molecule has 0 heterocycles. The molecule has 0 fully saturated rings. The Hall–Kier alpha value is -0.430. The molecular formula is C10H17NS. The topological polar surface area (TPSA) is 12.0 Å². The SMILES string of the molecule is C=C=CC(=C)[C@H](CCSC)NC. The van der Waals surface area contributed by atoms with Crippen molar-refractivity contribution in [2.24, 2.45) is 0 Å². The molecule has 0 rings (SSSR count). The van der Waals surface area contributed by atoms with E-state index in [4.69, 9.17) is 0 Å². The second kappa shape index (κ2) is 7.23. The van der Waals surface area contributed by atoms with E-state index in [1.165, 1.54) is 0 Å². The summed E-state index contributed by atoms with van der Waals surface area (Å²) in [5.41, 5.74) is 3.79. The lowest BCUT2D eigenvalue weighted by molar-refractivity contribution is 0.634. The van der Waals surface area contributed by atoms with Gasteiger partial charge >= 0.3 is 0 Å². The third kappa shape index (κ3) is 4.45. The summed E-state index contributed by atoms with van der Waals surface area (Å²) in [7, 11) is 1.95. The van der Waals surface area contributed by atoms with Gasteiger partial charge in [-0.25, -0.2) is 0 Å².